The minimum absolute atomic E-state index is 0.0743. The Morgan fingerprint density at radius 2 is 1.97 bits per heavy atom. The Labute approximate surface area is 185 Å². The zero-order valence-corrected chi connectivity index (χ0v) is 18.4. The van der Waals surface area contributed by atoms with Crippen LogP contribution in [0, 0.1) is 11.3 Å². The SMILES string of the molecule is C[C@H]1CC(C)(C)C[C@@]2(C1)NC(=O)N(CC(=O)Nc1cccc(-c3ccc(=O)[nH]n3)c1)C2=O. The molecule has 2 aromatic rings. The molecular weight excluding hydrogens is 410 g/mol. The fraction of sp³-hybridized carbons (Fsp3) is 0.435. The third kappa shape index (κ3) is 4.28. The molecule has 2 aliphatic rings. The Bertz CT molecular complexity index is 1120. The van der Waals surface area contributed by atoms with Crippen molar-refractivity contribution in [2.75, 3.05) is 11.9 Å². The molecular formula is C23H27N5O4. The number of anilines is 1. The Kier molecular flexibility index (Phi) is 5.36. The molecule has 9 nitrogen and oxygen atoms in total. The van der Waals surface area contributed by atoms with E-state index < -0.39 is 17.5 Å². The second-order valence-corrected chi connectivity index (χ2v) is 9.69. The van der Waals surface area contributed by atoms with E-state index in [0.29, 0.717) is 35.7 Å². The van der Waals surface area contributed by atoms with Gasteiger partial charge in [-0.25, -0.2) is 9.89 Å². The molecule has 1 saturated carbocycles. The maximum Gasteiger partial charge on any atom is 0.325 e. The lowest BCUT2D eigenvalue weighted by atomic mass is 9.64. The van der Waals surface area contributed by atoms with Crippen LogP contribution in [0.3, 0.4) is 0 Å². The molecule has 32 heavy (non-hydrogen) atoms. The van der Waals surface area contributed by atoms with E-state index in [1.165, 1.54) is 6.07 Å². The number of urea groups is 1. The molecule has 168 valence electrons. The number of nitrogens with one attached hydrogen (secondary N) is 3. The van der Waals surface area contributed by atoms with Crippen LogP contribution in [-0.4, -0.2) is 45.0 Å². The number of aromatic nitrogens is 2. The highest BCUT2D eigenvalue weighted by Gasteiger charge is 2.56. The van der Waals surface area contributed by atoms with E-state index >= 15 is 0 Å². The largest absolute Gasteiger partial charge is 0.325 e. The summed E-state index contributed by atoms with van der Waals surface area (Å²) in [4.78, 5) is 50.7. The molecule has 0 radical (unpaired) electrons. The number of benzene rings is 1. The third-order valence-electron chi connectivity index (χ3n) is 6.05. The van der Waals surface area contributed by atoms with E-state index in [1.54, 1.807) is 30.3 Å². The highest BCUT2D eigenvalue weighted by atomic mass is 16.2. The van der Waals surface area contributed by atoms with Gasteiger partial charge in [0.25, 0.3) is 11.5 Å². The van der Waals surface area contributed by atoms with Gasteiger partial charge in [0.1, 0.15) is 12.1 Å². The van der Waals surface area contributed by atoms with Gasteiger partial charge in [-0.1, -0.05) is 32.9 Å². The van der Waals surface area contributed by atoms with E-state index in [0.717, 1.165) is 11.3 Å². The summed E-state index contributed by atoms with van der Waals surface area (Å²) in [5.74, 6) is -0.509. The number of imide groups is 1. The van der Waals surface area contributed by atoms with Crippen molar-refractivity contribution in [2.24, 2.45) is 11.3 Å². The van der Waals surface area contributed by atoms with Crippen LogP contribution >= 0.6 is 0 Å². The average molecular weight is 438 g/mol. The lowest BCUT2D eigenvalue weighted by Crippen LogP contribution is -2.54. The zero-order chi connectivity index (χ0) is 23.1. The van der Waals surface area contributed by atoms with Gasteiger partial charge in [0.15, 0.2) is 0 Å². The summed E-state index contributed by atoms with van der Waals surface area (Å²) >= 11 is 0. The van der Waals surface area contributed by atoms with E-state index in [9.17, 15) is 19.2 Å². The van der Waals surface area contributed by atoms with Gasteiger partial charge in [0.2, 0.25) is 5.91 Å². The van der Waals surface area contributed by atoms with Crippen LogP contribution in [0.25, 0.3) is 11.3 Å². The third-order valence-corrected chi connectivity index (χ3v) is 6.05. The van der Waals surface area contributed by atoms with Crippen molar-refractivity contribution in [1.82, 2.24) is 20.4 Å². The van der Waals surface area contributed by atoms with Crippen LogP contribution in [0.2, 0.25) is 0 Å². The van der Waals surface area contributed by atoms with Gasteiger partial charge in [-0.2, -0.15) is 5.10 Å². The first-order valence-electron chi connectivity index (χ1n) is 10.7. The zero-order valence-electron chi connectivity index (χ0n) is 18.4. The summed E-state index contributed by atoms with van der Waals surface area (Å²) in [6, 6.07) is 9.37. The number of H-pyrrole nitrogens is 1. The molecule has 1 spiro atoms. The minimum Gasteiger partial charge on any atom is -0.325 e. The minimum atomic E-state index is -0.936. The smallest absolute Gasteiger partial charge is 0.325 e. The van der Waals surface area contributed by atoms with Crippen LogP contribution in [0.15, 0.2) is 41.2 Å². The standard InChI is InChI=1S/C23H27N5O4/c1-14-10-22(2,3)13-23(11-14)20(31)28(21(32)25-23)12-19(30)24-16-6-4-5-15(9-16)17-7-8-18(29)27-26-17/h4-9,14H,10-13H2,1-3H3,(H,24,30)(H,25,32)(H,27,29)/t14-,23+/m0/s1. The summed E-state index contributed by atoms with van der Waals surface area (Å²) < 4.78 is 0. The van der Waals surface area contributed by atoms with Crippen molar-refractivity contribution < 1.29 is 14.4 Å². The lowest BCUT2D eigenvalue weighted by Gasteiger charge is -2.43. The van der Waals surface area contributed by atoms with Gasteiger partial charge in [-0.3, -0.25) is 19.3 Å². The van der Waals surface area contributed by atoms with Gasteiger partial charge >= 0.3 is 6.03 Å². The van der Waals surface area contributed by atoms with Crippen LogP contribution < -0.4 is 16.2 Å². The molecule has 1 saturated heterocycles. The van der Waals surface area contributed by atoms with Gasteiger partial charge in [-0.15, -0.1) is 0 Å². The van der Waals surface area contributed by atoms with Crippen molar-refractivity contribution in [3.05, 3.63) is 46.8 Å². The fourth-order valence-corrected chi connectivity index (χ4v) is 5.26. The summed E-state index contributed by atoms with van der Waals surface area (Å²) in [6.45, 7) is 5.93. The number of carbonyl (C=O) groups excluding carboxylic acids is 3. The second-order valence-electron chi connectivity index (χ2n) is 9.69. The molecule has 1 aromatic heterocycles. The molecule has 2 fully saturated rings. The highest BCUT2D eigenvalue weighted by Crippen LogP contribution is 2.46. The molecule has 1 aromatic carbocycles. The molecule has 1 aliphatic carbocycles. The molecule has 0 unspecified atom stereocenters. The first kappa shape index (κ1) is 21.7. The molecule has 3 N–H and O–H groups in total. The topological polar surface area (TPSA) is 124 Å². The Morgan fingerprint density at radius 3 is 2.66 bits per heavy atom. The monoisotopic (exact) mass is 437 g/mol. The highest BCUT2D eigenvalue weighted by molar-refractivity contribution is 6.10. The van der Waals surface area contributed by atoms with Gasteiger partial charge < -0.3 is 10.6 Å². The van der Waals surface area contributed by atoms with Gasteiger partial charge in [0.05, 0.1) is 5.69 Å². The fourth-order valence-electron chi connectivity index (χ4n) is 5.26. The van der Waals surface area contributed by atoms with E-state index in [4.69, 9.17) is 0 Å². The molecule has 2 heterocycles. The number of carbonyl (C=O) groups is 3. The predicted octanol–water partition coefficient (Wildman–Crippen LogP) is 2.51. The van der Waals surface area contributed by atoms with Gasteiger partial charge in [-0.05, 0) is 48.8 Å². The summed E-state index contributed by atoms with van der Waals surface area (Å²) in [7, 11) is 0. The van der Waals surface area contributed by atoms with Crippen molar-refractivity contribution in [1.29, 1.82) is 0 Å². The Hall–Kier alpha value is -3.49. The Morgan fingerprint density at radius 1 is 1.19 bits per heavy atom. The van der Waals surface area contributed by atoms with Crippen LogP contribution in [0.4, 0.5) is 10.5 Å². The number of hydrogen-bond acceptors (Lipinski definition) is 5. The van der Waals surface area contributed by atoms with Crippen LogP contribution in [0.1, 0.15) is 40.0 Å². The first-order valence-corrected chi connectivity index (χ1v) is 10.7. The van der Waals surface area contributed by atoms with Crippen molar-refractivity contribution in [3.63, 3.8) is 0 Å². The Balaban J connectivity index is 1.46. The van der Waals surface area contributed by atoms with E-state index in [1.807, 2.05) is 0 Å². The molecule has 4 rings (SSSR count). The number of nitrogens with zero attached hydrogens (tertiary/aromatic N) is 2. The molecule has 9 heteroatoms. The lowest BCUT2D eigenvalue weighted by molar-refractivity contribution is -0.136. The maximum atomic E-state index is 13.2. The van der Waals surface area contributed by atoms with Crippen LogP contribution in [-0.2, 0) is 9.59 Å². The van der Waals surface area contributed by atoms with Crippen molar-refractivity contribution >= 4 is 23.5 Å². The summed E-state index contributed by atoms with van der Waals surface area (Å²) in [6.07, 6.45) is 2.12. The van der Waals surface area contributed by atoms with Crippen molar-refractivity contribution in [3.8, 4) is 11.3 Å². The van der Waals surface area contributed by atoms with E-state index in [2.05, 4.69) is 41.6 Å². The second kappa shape index (κ2) is 7.89. The van der Waals surface area contributed by atoms with Crippen molar-refractivity contribution in [2.45, 2.75) is 45.6 Å². The number of rotatable bonds is 4. The predicted molar refractivity (Wildman–Crippen MR) is 119 cm³/mol. The summed E-state index contributed by atoms with van der Waals surface area (Å²) in [5.41, 5.74) is 0.427. The molecule has 4 amide bonds. The molecule has 1 aliphatic heterocycles. The normalized spacial score (nSPS) is 24.5. The molecule has 2 atom stereocenters. The number of hydrogen-bond donors (Lipinski definition) is 3. The summed E-state index contributed by atoms with van der Waals surface area (Å²) in [5, 5.41) is 12.0. The number of aromatic amines is 1. The first-order chi connectivity index (χ1) is 15.1. The van der Waals surface area contributed by atoms with Crippen LogP contribution in [0.5, 0.6) is 0 Å². The molecule has 0 bridgehead atoms. The maximum absolute atomic E-state index is 13.2. The average Bonchev–Trinajstić information content (AvgIpc) is 2.90. The van der Waals surface area contributed by atoms with Gasteiger partial charge in [0, 0.05) is 17.3 Å². The number of amides is 4. The quantitative estimate of drug-likeness (QED) is 0.634. The van der Waals surface area contributed by atoms with E-state index in [-0.39, 0.29) is 23.4 Å².